The van der Waals surface area contributed by atoms with Crippen molar-refractivity contribution < 1.29 is 9.85 Å². The minimum atomic E-state index is -1.35. The minimum absolute atomic E-state index is 0.0260. The number of piperidine rings is 1. The first kappa shape index (κ1) is 14.6. The molecule has 2 bridgehead atoms. The average molecular weight is 303 g/mol. The molecule has 22 heavy (non-hydrogen) atoms. The van der Waals surface area contributed by atoms with E-state index in [1.807, 2.05) is 35.2 Å². The second-order valence-electron chi connectivity index (χ2n) is 6.26. The maximum Gasteiger partial charge on any atom is 0.259 e. The summed E-state index contributed by atoms with van der Waals surface area (Å²) in [7, 11) is 0. The summed E-state index contributed by atoms with van der Waals surface area (Å²) in [5.74, 6) is 0. The molecular formula is C15H17N3O4. The van der Waals surface area contributed by atoms with Crippen molar-refractivity contribution in [3.63, 3.8) is 0 Å². The van der Waals surface area contributed by atoms with Gasteiger partial charge in [-0.3, -0.25) is 25.1 Å². The maximum atomic E-state index is 11.6. The van der Waals surface area contributed by atoms with E-state index in [-0.39, 0.29) is 35.8 Å². The number of fused-ring (bicyclic) bond motifs is 2. The Balaban J connectivity index is 1.92. The van der Waals surface area contributed by atoms with E-state index in [9.17, 15) is 20.2 Å². The highest BCUT2D eigenvalue weighted by molar-refractivity contribution is 5.19. The maximum absolute atomic E-state index is 11.6. The average Bonchev–Trinajstić information content (AvgIpc) is 2.47. The van der Waals surface area contributed by atoms with Crippen LogP contribution in [0, 0.1) is 20.2 Å². The molecular weight excluding hydrogens is 286 g/mol. The van der Waals surface area contributed by atoms with E-state index in [1.165, 1.54) is 0 Å². The van der Waals surface area contributed by atoms with Crippen molar-refractivity contribution in [1.82, 2.24) is 4.90 Å². The van der Waals surface area contributed by atoms with Gasteiger partial charge in [-0.05, 0) is 11.6 Å². The molecule has 0 saturated carbocycles. The number of likely N-dealkylation sites (tertiary alicyclic amines) is 1. The summed E-state index contributed by atoms with van der Waals surface area (Å²) in [6.45, 7) is 0.940. The lowest BCUT2D eigenvalue weighted by Gasteiger charge is -2.43. The molecule has 3 rings (SSSR count). The molecule has 1 fully saturated rings. The summed E-state index contributed by atoms with van der Waals surface area (Å²) >= 11 is 0. The third-order valence-electron chi connectivity index (χ3n) is 4.58. The Morgan fingerprint density at radius 3 is 2.45 bits per heavy atom. The molecule has 7 nitrogen and oxygen atoms in total. The van der Waals surface area contributed by atoms with Crippen LogP contribution in [0.2, 0.25) is 0 Å². The van der Waals surface area contributed by atoms with Gasteiger partial charge in [0.25, 0.3) is 5.54 Å². The van der Waals surface area contributed by atoms with Gasteiger partial charge in [-0.15, -0.1) is 0 Å². The van der Waals surface area contributed by atoms with Crippen molar-refractivity contribution in [3.05, 3.63) is 68.3 Å². The summed E-state index contributed by atoms with van der Waals surface area (Å²) < 4.78 is 0. The molecule has 0 aromatic heterocycles. The highest BCUT2D eigenvalue weighted by Gasteiger charge is 2.62. The summed E-state index contributed by atoms with van der Waals surface area (Å²) in [6, 6.07) is 9.54. The number of hydrogen-bond donors (Lipinski definition) is 0. The van der Waals surface area contributed by atoms with Crippen LogP contribution in [0.1, 0.15) is 18.4 Å². The third kappa shape index (κ3) is 2.37. The minimum Gasteiger partial charge on any atom is -0.285 e. The first-order valence-electron chi connectivity index (χ1n) is 7.19. The number of nitro groups is 2. The molecule has 1 aromatic carbocycles. The monoisotopic (exact) mass is 303 g/mol. The van der Waals surface area contributed by atoms with E-state index < -0.39 is 11.1 Å². The quantitative estimate of drug-likeness (QED) is 0.481. The van der Waals surface area contributed by atoms with Crippen molar-refractivity contribution >= 4 is 0 Å². The Morgan fingerprint density at radius 2 is 1.82 bits per heavy atom. The molecule has 1 aliphatic heterocycles. The predicted molar refractivity (Wildman–Crippen MR) is 79.5 cm³/mol. The molecule has 1 aliphatic carbocycles. The Hall–Kier alpha value is -2.28. The molecule has 2 atom stereocenters. The second kappa shape index (κ2) is 5.17. The van der Waals surface area contributed by atoms with Crippen molar-refractivity contribution in [1.29, 1.82) is 0 Å². The van der Waals surface area contributed by atoms with Gasteiger partial charge in [-0.1, -0.05) is 36.4 Å². The molecule has 7 heteroatoms. The van der Waals surface area contributed by atoms with Crippen LogP contribution in [0.3, 0.4) is 0 Å². The predicted octanol–water partition coefficient (Wildman–Crippen LogP) is 1.88. The van der Waals surface area contributed by atoms with Gasteiger partial charge in [0.1, 0.15) is 0 Å². The highest BCUT2D eigenvalue weighted by atomic mass is 16.6. The fourth-order valence-corrected chi connectivity index (χ4v) is 3.62. The van der Waals surface area contributed by atoms with E-state index in [2.05, 4.69) is 0 Å². The second-order valence-corrected chi connectivity index (χ2v) is 6.26. The zero-order chi connectivity index (χ0) is 15.8. The third-order valence-corrected chi connectivity index (χ3v) is 4.58. The molecule has 0 unspecified atom stereocenters. The van der Waals surface area contributed by atoms with Crippen molar-refractivity contribution in [2.45, 2.75) is 30.5 Å². The number of hydrogen-bond acceptors (Lipinski definition) is 5. The van der Waals surface area contributed by atoms with Crippen LogP contribution in [0.4, 0.5) is 0 Å². The van der Waals surface area contributed by atoms with Gasteiger partial charge < -0.3 is 0 Å². The van der Waals surface area contributed by atoms with E-state index in [4.69, 9.17) is 0 Å². The number of rotatable bonds is 4. The van der Waals surface area contributed by atoms with Crippen LogP contribution in [-0.4, -0.2) is 38.9 Å². The van der Waals surface area contributed by atoms with Gasteiger partial charge in [0.05, 0.1) is 19.5 Å². The fourth-order valence-electron chi connectivity index (χ4n) is 3.62. The Morgan fingerprint density at radius 1 is 1.09 bits per heavy atom. The van der Waals surface area contributed by atoms with Crippen LogP contribution in [-0.2, 0) is 6.54 Å². The van der Waals surface area contributed by atoms with Gasteiger partial charge in [0, 0.05) is 22.8 Å². The first-order chi connectivity index (χ1) is 10.5. The van der Waals surface area contributed by atoms with Crippen LogP contribution in [0.15, 0.2) is 42.5 Å². The molecule has 1 saturated heterocycles. The Labute approximate surface area is 127 Å². The zero-order valence-electron chi connectivity index (χ0n) is 12.1. The fraction of sp³-hybridized carbons (Fsp3) is 0.467. The van der Waals surface area contributed by atoms with E-state index >= 15 is 0 Å². The van der Waals surface area contributed by atoms with Crippen LogP contribution in [0.25, 0.3) is 0 Å². The summed E-state index contributed by atoms with van der Waals surface area (Å²) in [4.78, 5) is 24.3. The molecule has 0 spiro atoms. The van der Waals surface area contributed by atoms with Gasteiger partial charge in [0.2, 0.25) is 5.54 Å². The standard InChI is InChI=1S/C15H17N3O4/c19-17(20)14-7-4-8-15(10-14,18(21)22)12-16(11-14)9-13-5-2-1-3-6-13/h1-7H,8-12H2/t14-,15-/m1/s1. The Bertz CT molecular complexity index is 633. The molecule has 0 N–H and O–H groups in total. The lowest BCUT2D eigenvalue weighted by Crippen LogP contribution is -2.65. The van der Waals surface area contributed by atoms with Crippen LogP contribution >= 0.6 is 0 Å². The number of benzene rings is 1. The molecule has 2 aliphatic rings. The van der Waals surface area contributed by atoms with Crippen molar-refractivity contribution in [2.24, 2.45) is 0 Å². The SMILES string of the molecule is O=[N+]([O-])[C@@]12C=CC[C@]([N+](=O)[O-])(CN(Cc3ccccc3)C1)C2. The van der Waals surface area contributed by atoms with E-state index in [0.29, 0.717) is 6.54 Å². The topological polar surface area (TPSA) is 89.5 Å². The first-order valence-corrected chi connectivity index (χ1v) is 7.19. The number of nitrogens with zero attached hydrogens (tertiary/aromatic N) is 3. The smallest absolute Gasteiger partial charge is 0.259 e. The zero-order valence-corrected chi connectivity index (χ0v) is 12.1. The molecule has 1 aromatic rings. The summed E-state index contributed by atoms with van der Waals surface area (Å²) in [5, 5.41) is 23.1. The van der Waals surface area contributed by atoms with Crippen molar-refractivity contribution in [3.8, 4) is 0 Å². The van der Waals surface area contributed by atoms with E-state index in [0.717, 1.165) is 5.56 Å². The van der Waals surface area contributed by atoms with Gasteiger partial charge >= 0.3 is 0 Å². The van der Waals surface area contributed by atoms with Crippen molar-refractivity contribution in [2.75, 3.05) is 13.1 Å². The summed E-state index contributed by atoms with van der Waals surface area (Å²) in [6.07, 6.45) is 3.38. The highest BCUT2D eigenvalue weighted by Crippen LogP contribution is 2.40. The van der Waals surface area contributed by atoms with Gasteiger partial charge in [-0.25, -0.2) is 0 Å². The molecule has 0 radical (unpaired) electrons. The van der Waals surface area contributed by atoms with Gasteiger partial charge in [-0.2, -0.15) is 0 Å². The van der Waals surface area contributed by atoms with E-state index in [1.54, 1.807) is 12.2 Å². The summed E-state index contributed by atoms with van der Waals surface area (Å²) in [5.41, 5.74) is -1.60. The Kier molecular flexibility index (Phi) is 3.44. The van der Waals surface area contributed by atoms with Crippen LogP contribution in [0.5, 0.6) is 0 Å². The van der Waals surface area contributed by atoms with Crippen LogP contribution < -0.4 is 0 Å². The normalized spacial score (nSPS) is 30.9. The molecule has 116 valence electrons. The molecule has 0 amide bonds. The van der Waals surface area contributed by atoms with Gasteiger partial charge in [0.15, 0.2) is 0 Å². The lowest BCUT2D eigenvalue weighted by atomic mass is 9.72. The lowest BCUT2D eigenvalue weighted by molar-refractivity contribution is -0.619. The molecule has 1 heterocycles. The largest absolute Gasteiger partial charge is 0.285 e.